The van der Waals surface area contributed by atoms with E-state index in [1.807, 2.05) is 0 Å². The normalized spacial score (nSPS) is 21.7. The average Bonchev–Trinajstić information content (AvgIpc) is 3.04. The lowest BCUT2D eigenvalue weighted by Crippen LogP contribution is -2.44. The quantitative estimate of drug-likeness (QED) is 0.922. The van der Waals surface area contributed by atoms with E-state index in [1.165, 1.54) is 37.7 Å². The molecule has 1 aliphatic heterocycles. The molecule has 1 aromatic rings. The minimum Gasteiger partial charge on any atom is -0.352 e. The summed E-state index contributed by atoms with van der Waals surface area (Å²) in [4.78, 5) is 15.3. The summed E-state index contributed by atoms with van der Waals surface area (Å²) in [6, 6.07) is 8.76. The fourth-order valence-electron chi connectivity index (χ4n) is 3.80. The first-order chi connectivity index (χ1) is 10.7. The average molecular weight is 300 g/mol. The largest absolute Gasteiger partial charge is 0.352 e. The molecule has 2 fully saturated rings. The van der Waals surface area contributed by atoms with Crippen molar-refractivity contribution in [3.63, 3.8) is 0 Å². The number of hydrogen-bond donors (Lipinski definition) is 1. The molecule has 0 bridgehead atoms. The fraction of sp³-hybridized carbons (Fsp3) is 0.632. The Morgan fingerprint density at radius 3 is 2.32 bits per heavy atom. The van der Waals surface area contributed by atoms with Crippen molar-refractivity contribution in [3.8, 4) is 0 Å². The SMILES string of the molecule is Cc1ccc([C@@H](C(=O)NC2CCCCC2)N2CCCC2)cc1. The molecule has 1 aliphatic carbocycles. The lowest BCUT2D eigenvalue weighted by Gasteiger charge is -2.30. The highest BCUT2D eigenvalue weighted by Gasteiger charge is 2.31. The number of carbonyl (C=O) groups is 1. The molecule has 0 radical (unpaired) electrons. The molecule has 1 N–H and O–H groups in total. The van der Waals surface area contributed by atoms with Gasteiger partial charge in [-0.1, -0.05) is 49.1 Å². The predicted molar refractivity (Wildman–Crippen MR) is 89.7 cm³/mol. The summed E-state index contributed by atoms with van der Waals surface area (Å²) >= 11 is 0. The summed E-state index contributed by atoms with van der Waals surface area (Å²) in [6.07, 6.45) is 8.53. The highest BCUT2D eigenvalue weighted by atomic mass is 16.2. The molecule has 1 saturated heterocycles. The van der Waals surface area contributed by atoms with Crippen LogP contribution in [0.4, 0.5) is 0 Å². The Balaban J connectivity index is 1.74. The highest BCUT2D eigenvalue weighted by molar-refractivity contribution is 5.83. The standard InChI is InChI=1S/C19H28N2O/c1-15-9-11-16(12-10-15)18(21-13-5-6-14-21)19(22)20-17-7-3-2-4-8-17/h9-12,17-18H,2-8,13-14H2,1H3,(H,20,22)/t18-/m0/s1. The van der Waals surface area contributed by atoms with Crippen molar-refractivity contribution in [3.05, 3.63) is 35.4 Å². The minimum absolute atomic E-state index is 0.106. The summed E-state index contributed by atoms with van der Waals surface area (Å²) in [5, 5.41) is 3.33. The molecule has 2 aliphatic rings. The van der Waals surface area contributed by atoms with Gasteiger partial charge in [-0.15, -0.1) is 0 Å². The van der Waals surface area contributed by atoms with Crippen LogP contribution in [0.1, 0.15) is 62.1 Å². The van der Waals surface area contributed by atoms with Crippen LogP contribution in [0.25, 0.3) is 0 Å². The van der Waals surface area contributed by atoms with Gasteiger partial charge in [0.2, 0.25) is 5.91 Å². The zero-order valence-corrected chi connectivity index (χ0v) is 13.7. The van der Waals surface area contributed by atoms with Crippen LogP contribution in [-0.2, 0) is 4.79 Å². The first-order valence-electron chi connectivity index (χ1n) is 8.85. The third kappa shape index (κ3) is 3.70. The van der Waals surface area contributed by atoms with E-state index >= 15 is 0 Å². The van der Waals surface area contributed by atoms with Crippen molar-refractivity contribution in [2.45, 2.75) is 64.0 Å². The van der Waals surface area contributed by atoms with Gasteiger partial charge in [0.15, 0.2) is 0 Å². The molecule has 1 amide bonds. The van der Waals surface area contributed by atoms with E-state index in [0.717, 1.165) is 31.5 Å². The second-order valence-electron chi connectivity index (χ2n) is 6.90. The third-order valence-electron chi connectivity index (χ3n) is 5.10. The molecule has 3 heteroatoms. The van der Waals surface area contributed by atoms with E-state index in [0.29, 0.717) is 6.04 Å². The lowest BCUT2D eigenvalue weighted by molar-refractivity contribution is -0.127. The number of hydrogen-bond acceptors (Lipinski definition) is 2. The van der Waals surface area contributed by atoms with Crippen LogP contribution in [0.5, 0.6) is 0 Å². The number of carbonyl (C=O) groups excluding carboxylic acids is 1. The maximum atomic E-state index is 12.9. The fourth-order valence-corrected chi connectivity index (χ4v) is 3.80. The van der Waals surface area contributed by atoms with E-state index in [2.05, 4.69) is 41.4 Å². The summed E-state index contributed by atoms with van der Waals surface area (Å²) in [5.41, 5.74) is 2.39. The smallest absolute Gasteiger partial charge is 0.242 e. The van der Waals surface area contributed by atoms with Gasteiger partial charge in [0.05, 0.1) is 0 Å². The third-order valence-corrected chi connectivity index (χ3v) is 5.10. The molecule has 3 rings (SSSR count). The van der Waals surface area contributed by atoms with E-state index in [4.69, 9.17) is 0 Å². The van der Waals surface area contributed by atoms with Gasteiger partial charge in [0, 0.05) is 6.04 Å². The van der Waals surface area contributed by atoms with Crippen molar-refractivity contribution in [1.29, 1.82) is 0 Å². The van der Waals surface area contributed by atoms with Gasteiger partial charge < -0.3 is 5.32 Å². The predicted octanol–water partition coefficient (Wildman–Crippen LogP) is 3.58. The zero-order valence-electron chi connectivity index (χ0n) is 13.7. The summed E-state index contributed by atoms with van der Waals surface area (Å²) < 4.78 is 0. The molecule has 0 spiro atoms. The molecule has 1 heterocycles. The Bertz CT molecular complexity index is 485. The van der Waals surface area contributed by atoms with E-state index in [-0.39, 0.29) is 11.9 Å². The Morgan fingerprint density at radius 1 is 1.05 bits per heavy atom. The number of nitrogens with zero attached hydrogens (tertiary/aromatic N) is 1. The Morgan fingerprint density at radius 2 is 1.68 bits per heavy atom. The molecular weight excluding hydrogens is 272 g/mol. The van der Waals surface area contributed by atoms with E-state index < -0.39 is 0 Å². The van der Waals surface area contributed by atoms with Crippen molar-refractivity contribution in [2.75, 3.05) is 13.1 Å². The molecular formula is C19H28N2O. The second-order valence-corrected chi connectivity index (χ2v) is 6.90. The first kappa shape index (κ1) is 15.5. The van der Waals surface area contributed by atoms with Crippen molar-refractivity contribution >= 4 is 5.91 Å². The summed E-state index contributed by atoms with van der Waals surface area (Å²) in [5.74, 6) is 0.206. The van der Waals surface area contributed by atoms with Crippen molar-refractivity contribution in [2.24, 2.45) is 0 Å². The molecule has 120 valence electrons. The Kier molecular flexibility index (Phi) is 5.14. The van der Waals surface area contributed by atoms with Crippen LogP contribution in [-0.4, -0.2) is 29.9 Å². The molecule has 0 unspecified atom stereocenters. The first-order valence-corrected chi connectivity index (χ1v) is 8.85. The number of likely N-dealkylation sites (tertiary alicyclic amines) is 1. The molecule has 1 aromatic carbocycles. The number of rotatable bonds is 4. The molecule has 1 atom stereocenters. The van der Waals surface area contributed by atoms with Gasteiger partial charge in [-0.3, -0.25) is 9.69 Å². The van der Waals surface area contributed by atoms with Gasteiger partial charge in [-0.25, -0.2) is 0 Å². The lowest BCUT2D eigenvalue weighted by atomic mass is 9.94. The van der Waals surface area contributed by atoms with Crippen LogP contribution in [0.3, 0.4) is 0 Å². The van der Waals surface area contributed by atoms with Crippen LogP contribution in [0.2, 0.25) is 0 Å². The molecule has 0 aromatic heterocycles. The van der Waals surface area contributed by atoms with Gasteiger partial charge in [0.1, 0.15) is 6.04 Å². The monoisotopic (exact) mass is 300 g/mol. The molecule has 22 heavy (non-hydrogen) atoms. The summed E-state index contributed by atoms with van der Waals surface area (Å²) in [7, 11) is 0. The molecule has 3 nitrogen and oxygen atoms in total. The summed E-state index contributed by atoms with van der Waals surface area (Å²) in [6.45, 7) is 4.17. The van der Waals surface area contributed by atoms with E-state index in [9.17, 15) is 4.79 Å². The number of amides is 1. The van der Waals surface area contributed by atoms with Gasteiger partial charge in [-0.05, 0) is 51.3 Å². The van der Waals surface area contributed by atoms with Crippen LogP contribution < -0.4 is 5.32 Å². The number of benzene rings is 1. The second kappa shape index (κ2) is 7.28. The number of aryl methyl sites for hydroxylation is 1. The van der Waals surface area contributed by atoms with Gasteiger partial charge in [0.25, 0.3) is 0 Å². The Hall–Kier alpha value is -1.35. The maximum absolute atomic E-state index is 12.9. The van der Waals surface area contributed by atoms with Gasteiger partial charge in [-0.2, -0.15) is 0 Å². The highest BCUT2D eigenvalue weighted by Crippen LogP contribution is 2.27. The van der Waals surface area contributed by atoms with Crippen LogP contribution in [0, 0.1) is 6.92 Å². The minimum atomic E-state index is -0.106. The van der Waals surface area contributed by atoms with Crippen molar-refractivity contribution in [1.82, 2.24) is 10.2 Å². The Labute approximate surface area is 134 Å². The topological polar surface area (TPSA) is 32.3 Å². The van der Waals surface area contributed by atoms with Gasteiger partial charge >= 0.3 is 0 Å². The zero-order chi connectivity index (χ0) is 15.4. The van der Waals surface area contributed by atoms with Crippen LogP contribution >= 0.6 is 0 Å². The molecule has 1 saturated carbocycles. The maximum Gasteiger partial charge on any atom is 0.242 e. The van der Waals surface area contributed by atoms with Crippen LogP contribution in [0.15, 0.2) is 24.3 Å². The number of nitrogens with one attached hydrogen (secondary N) is 1. The van der Waals surface area contributed by atoms with E-state index in [1.54, 1.807) is 0 Å². The van der Waals surface area contributed by atoms with Crippen molar-refractivity contribution < 1.29 is 4.79 Å².